The first kappa shape index (κ1) is 13.5. The molecule has 3 atom stereocenters. The van der Waals surface area contributed by atoms with Crippen molar-refractivity contribution in [2.75, 3.05) is 11.9 Å². The van der Waals surface area contributed by atoms with Gasteiger partial charge in [0.15, 0.2) is 0 Å². The molecule has 1 aromatic rings. The number of hydrogen-bond donors (Lipinski definition) is 2. The first-order valence-corrected chi connectivity index (χ1v) is 7.82. The minimum atomic E-state index is 0.0158. The van der Waals surface area contributed by atoms with Gasteiger partial charge in [-0.25, -0.2) is 0 Å². The fraction of sp³-hybridized carbons (Fsp3) is 0.588. The second-order valence-corrected chi connectivity index (χ2v) is 6.31. The van der Waals surface area contributed by atoms with Gasteiger partial charge in [-0.3, -0.25) is 4.79 Å². The van der Waals surface area contributed by atoms with E-state index in [1.807, 2.05) is 19.1 Å². The van der Waals surface area contributed by atoms with Gasteiger partial charge in [0.1, 0.15) is 0 Å². The number of aryl methyl sites for hydroxylation is 1. The highest BCUT2D eigenvalue weighted by Gasteiger charge is 2.39. The van der Waals surface area contributed by atoms with Crippen LogP contribution in [0.2, 0.25) is 0 Å². The van der Waals surface area contributed by atoms with E-state index in [1.54, 1.807) is 0 Å². The number of carbonyl (C=O) groups is 1. The first-order chi connectivity index (χ1) is 9.67. The lowest BCUT2D eigenvalue weighted by Crippen LogP contribution is -2.26. The normalized spacial score (nSPS) is 27.6. The van der Waals surface area contributed by atoms with E-state index >= 15 is 0 Å². The van der Waals surface area contributed by atoms with Crippen molar-refractivity contribution in [3.8, 4) is 0 Å². The van der Waals surface area contributed by atoms with Crippen molar-refractivity contribution in [1.82, 2.24) is 5.32 Å². The molecular weight excluding hydrogens is 248 g/mol. The number of carbonyl (C=O) groups excluding carboxylic acids is 1. The zero-order chi connectivity index (χ0) is 14.1. The minimum absolute atomic E-state index is 0.0158. The number of anilines is 1. The van der Waals surface area contributed by atoms with Crippen molar-refractivity contribution >= 4 is 11.6 Å². The second-order valence-electron chi connectivity index (χ2n) is 6.31. The molecule has 1 aromatic carbocycles. The Morgan fingerprint density at radius 3 is 2.75 bits per heavy atom. The number of nitrogens with one attached hydrogen (secondary N) is 2. The Morgan fingerprint density at radius 2 is 2.15 bits per heavy atom. The third kappa shape index (κ3) is 2.54. The molecule has 0 spiro atoms. The molecule has 0 heterocycles. The molecule has 0 aromatic heterocycles. The van der Waals surface area contributed by atoms with Crippen molar-refractivity contribution in [3.63, 3.8) is 0 Å². The van der Waals surface area contributed by atoms with E-state index in [-0.39, 0.29) is 5.91 Å². The smallest absolute Gasteiger partial charge is 0.251 e. The minimum Gasteiger partial charge on any atom is -0.382 e. The summed E-state index contributed by atoms with van der Waals surface area (Å²) < 4.78 is 0. The van der Waals surface area contributed by atoms with E-state index < -0.39 is 0 Å². The average Bonchev–Trinajstić information content (AvgIpc) is 3.03. The molecule has 0 radical (unpaired) electrons. The fourth-order valence-corrected chi connectivity index (χ4v) is 3.85. The Hall–Kier alpha value is -1.51. The van der Waals surface area contributed by atoms with Crippen LogP contribution in [0.4, 0.5) is 5.69 Å². The van der Waals surface area contributed by atoms with Gasteiger partial charge in [0.2, 0.25) is 0 Å². The summed E-state index contributed by atoms with van der Waals surface area (Å²) in [6.45, 7) is 4.69. The molecule has 3 heteroatoms. The summed E-state index contributed by atoms with van der Waals surface area (Å²) in [4.78, 5) is 11.8. The van der Waals surface area contributed by atoms with Crippen LogP contribution in [-0.4, -0.2) is 18.5 Å². The van der Waals surface area contributed by atoms with E-state index in [4.69, 9.17) is 0 Å². The van der Waals surface area contributed by atoms with Crippen molar-refractivity contribution < 1.29 is 4.79 Å². The lowest BCUT2D eigenvalue weighted by Gasteiger charge is -2.25. The summed E-state index contributed by atoms with van der Waals surface area (Å²) in [5.41, 5.74) is 3.11. The summed E-state index contributed by atoms with van der Waals surface area (Å²) in [6.07, 6.45) is 5.55. The molecule has 1 amide bonds. The van der Waals surface area contributed by atoms with Crippen molar-refractivity contribution in [1.29, 1.82) is 0 Å². The van der Waals surface area contributed by atoms with Crippen LogP contribution in [0.5, 0.6) is 0 Å². The summed E-state index contributed by atoms with van der Waals surface area (Å²) >= 11 is 0. The Balaban J connectivity index is 1.70. The highest BCUT2D eigenvalue weighted by molar-refractivity contribution is 5.94. The van der Waals surface area contributed by atoms with Gasteiger partial charge < -0.3 is 10.6 Å². The topological polar surface area (TPSA) is 41.1 Å². The van der Waals surface area contributed by atoms with Gasteiger partial charge in [-0.2, -0.15) is 0 Å². The molecular formula is C17H24N2O. The Labute approximate surface area is 121 Å². The zero-order valence-corrected chi connectivity index (χ0v) is 12.4. The summed E-state index contributed by atoms with van der Waals surface area (Å²) in [6, 6.07) is 6.61. The standard InChI is InChI=1S/C17H24N2O/c1-3-18-17(20)14-6-7-15(11(2)8-14)19-16-10-12-4-5-13(16)9-12/h6-8,12-13,16,19H,3-5,9-10H2,1-2H3,(H,18,20). The van der Waals surface area contributed by atoms with Gasteiger partial charge in [0.25, 0.3) is 5.91 Å². The lowest BCUT2D eigenvalue weighted by atomic mass is 9.95. The molecule has 2 saturated carbocycles. The molecule has 0 saturated heterocycles. The van der Waals surface area contributed by atoms with Gasteiger partial charge in [-0.05, 0) is 68.7 Å². The van der Waals surface area contributed by atoms with Crippen LogP contribution in [0.15, 0.2) is 18.2 Å². The molecule has 3 unspecified atom stereocenters. The Kier molecular flexibility index (Phi) is 3.68. The predicted octanol–water partition coefficient (Wildman–Crippen LogP) is 3.35. The molecule has 2 N–H and O–H groups in total. The molecule has 20 heavy (non-hydrogen) atoms. The van der Waals surface area contributed by atoms with Crippen LogP contribution >= 0.6 is 0 Å². The van der Waals surface area contributed by atoms with Gasteiger partial charge in [-0.1, -0.05) is 6.42 Å². The monoisotopic (exact) mass is 272 g/mol. The van der Waals surface area contributed by atoms with Gasteiger partial charge in [0, 0.05) is 23.8 Å². The second kappa shape index (κ2) is 5.47. The predicted molar refractivity (Wildman–Crippen MR) is 82.0 cm³/mol. The molecule has 108 valence electrons. The fourth-order valence-electron chi connectivity index (χ4n) is 3.85. The maximum absolute atomic E-state index is 11.8. The third-order valence-electron chi connectivity index (χ3n) is 4.90. The summed E-state index contributed by atoms with van der Waals surface area (Å²) in [7, 11) is 0. The molecule has 2 bridgehead atoms. The number of rotatable bonds is 4. The van der Waals surface area contributed by atoms with Gasteiger partial charge in [-0.15, -0.1) is 0 Å². The van der Waals surface area contributed by atoms with E-state index in [9.17, 15) is 4.79 Å². The number of amides is 1. The molecule has 3 nitrogen and oxygen atoms in total. The molecule has 2 aliphatic carbocycles. The first-order valence-electron chi connectivity index (χ1n) is 7.82. The van der Waals surface area contributed by atoms with Crippen LogP contribution in [0, 0.1) is 18.8 Å². The maximum atomic E-state index is 11.8. The van der Waals surface area contributed by atoms with Gasteiger partial charge in [0.05, 0.1) is 0 Å². The quantitative estimate of drug-likeness (QED) is 0.882. The van der Waals surface area contributed by atoms with Crippen LogP contribution in [0.25, 0.3) is 0 Å². The number of benzene rings is 1. The van der Waals surface area contributed by atoms with Crippen LogP contribution < -0.4 is 10.6 Å². The third-order valence-corrected chi connectivity index (χ3v) is 4.90. The highest BCUT2D eigenvalue weighted by Crippen LogP contribution is 2.45. The SMILES string of the molecule is CCNC(=O)c1ccc(NC2CC3CCC2C3)c(C)c1. The zero-order valence-electron chi connectivity index (χ0n) is 12.4. The van der Waals surface area contributed by atoms with E-state index in [1.165, 1.54) is 31.4 Å². The van der Waals surface area contributed by atoms with E-state index in [0.29, 0.717) is 12.6 Å². The largest absolute Gasteiger partial charge is 0.382 e. The molecule has 2 fully saturated rings. The maximum Gasteiger partial charge on any atom is 0.251 e. The van der Waals surface area contributed by atoms with Crippen LogP contribution in [0.3, 0.4) is 0 Å². The number of fused-ring (bicyclic) bond motifs is 2. The van der Waals surface area contributed by atoms with E-state index in [0.717, 1.165) is 23.0 Å². The van der Waals surface area contributed by atoms with Crippen LogP contribution in [-0.2, 0) is 0 Å². The molecule has 0 aliphatic heterocycles. The molecule has 2 aliphatic rings. The average molecular weight is 272 g/mol. The van der Waals surface area contributed by atoms with Gasteiger partial charge >= 0.3 is 0 Å². The Bertz CT molecular complexity index is 512. The molecule has 3 rings (SSSR count). The van der Waals surface area contributed by atoms with Crippen molar-refractivity contribution in [2.24, 2.45) is 11.8 Å². The van der Waals surface area contributed by atoms with Crippen LogP contribution in [0.1, 0.15) is 48.5 Å². The lowest BCUT2D eigenvalue weighted by molar-refractivity contribution is 0.0956. The summed E-state index contributed by atoms with van der Waals surface area (Å²) in [5, 5.41) is 6.55. The highest BCUT2D eigenvalue weighted by atomic mass is 16.1. The number of hydrogen-bond acceptors (Lipinski definition) is 2. The van der Waals surface area contributed by atoms with Crippen molar-refractivity contribution in [2.45, 2.75) is 45.6 Å². The van der Waals surface area contributed by atoms with Crippen molar-refractivity contribution in [3.05, 3.63) is 29.3 Å². The van der Waals surface area contributed by atoms with E-state index in [2.05, 4.69) is 23.6 Å². The summed E-state index contributed by atoms with van der Waals surface area (Å²) in [5.74, 6) is 1.83. The Morgan fingerprint density at radius 1 is 1.30 bits per heavy atom.